The lowest BCUT2D eigenvalue weighted by Gasteiger charge is -2.31. The van der Waals surface area contributed by atoms with Crippen LogP contribution in [0.4, 0.5) is 17.6 Å². The van der Waals surface area contributed by atoms with E-state index in [1.54, 1.807) is 4.72 Å². The first-order chi connectivity index (χ1) is 11.5. The third kappa shape index (κ3) is 4.00. The highest BCUT2D eigenvalue weighted by molar-refractivity contribution is 7.89. The quantitative estimate of drug-likeness (QED) is 0.788. The van der Waals surface area contributed by atoms with Gasteiger partial charge in [0.1, 0.15) is 5.82 Å². The number of halogens is 4. The zero-order chi connectivity index (χ0) is 18.9. The molecule has 0 heterocycles. The summed E-state index contributed by atoms with van der Waals surface area (Å²) in [7, 11) is -4.39. The zero-order valence-electron chi connectivity index (χ0n) is 13.0. The van der Waals surface area contributed by atoms with E-state index in [9.17, 15) is 31.1 Å². The number of rotatable bonds is 5. The minimum Gasteiger partial charge on any atom is -0.375 e. The smallest absolute Gasteiger partial charge is 0.375 e. The Hall–Kier alpha value is -1.97. The van der Waals surface area contributed by atoms with Gasteiger partial charge in [-0.1, -0.05) is 30.3 Å². The number of hydrogen-bond acceptors (Lipinski definition) is 3. The molecule has 2 aromatic carbocycles. The molecule has 1 unspecified atom stereocenters. The predicted octanol–water partition coefficient (Wildman–Crippen LogP) is 2.86. The van der Waals surface area contributed by atoms with Gasteiger partial charge in [-0.05, 0) is 36.2 Å². The first-order valence-corrected chi connectivity index (χ1v) is 8.56. The monoisotopic (exact) mass is 377 g/mol. The fourth-order valence-corrected chi connectivity index (χ4v) is 3.56. The minimum atomic E-state index is -5.12. The number of aliphatic hydroxyl groups is 1. The van der Waals surface area contributed by atoms with Gasteiger partial charge in [-0.15, -0.1) is 0 Å². The van der Waals surface area contributed by atoms with E-state index in [0.717, 1.165) is 30.3 Å². The Morgan fingerprint density at radius 1 is 1.08 bits per heavy atom. The van der Waals surface area contributed by atoms with Crippen LogP contribution in [0.3, 0.4) is 0 Å². The topological polar surface area (TPSA) is 66.4 Å². The molecule has 0 aliphatic heterocycles. The minimum absolute atomic E-state index is 0.0303. The van der Waals surface area contributed by atoms with Crippen molar-refractivity contribution < 1.29 is 31.1 Å². The van der Waals surface area contributed by atoms with Gasteiger partial charge < -0.3 is 5.11 Å². The summed E-state index contributed by atoms with van der Waals surface area (Å²) in [6.07, 6.45) is -5.12. The molecule has 0 saturated heterocycles. The molecule has 0 radical (unpaired) electrons. The van der Waals surface area contributed by atoms with Crippen LogP contribution in [0.1, 0.15) is 11.1 Å². The molecule has 4 nitrogen and oxygen atoms in total. The molecule has 0 saturated carbocycles. The summed E-state index contributed by atoms with van der Waals surface area (Å²) < 4.78 is 79.5. The average Bonchev–Trinajstić information content (AvgIpc) is 2.52. The van der Waals surface area contributed by atoms with Crippen LogP contribution in [-0.2, 0) is 15.6 Å². The van der Waals surface area contributed by atoms with E-state index in [0.29, 0.717) is 0 Å². The molecule has 2 rings (SSSR count). The number of aryl methyl sites for hydroxylation is 1. The van der Waals surface area contributed by atoms with E-state index < -0.39 is 39.7 Å². The van der Waals surface area contributed by atoms with Gasteiger partial charge in [0.05, 0.1) is 11.4 Å². The standard InChI is InChI=1S/C16H15F4NO3S/c1-11-9-13(17)7-8-14(11)25(23,24)21-10-15(22,16(18,19)20)12-5-3-2-4-6-12/h2-9,21-22H,10H2,1H3. The van der Waals surface area contributed by atoms with E-state index >= 15 is 0 Å². The Balaban J connectivity index is 2.35. The van der Waals surface area contributed by atoms with Gasteiger partial charge in [-0.3, -0.25) is 0 Å². The van der Waals surface area contributed by atoms with E-state index in [-0.39, 0.29) is 10.5 Å². The van der Waals surface area contributed by atoms with Gasteiger partial charge in [0.2, 0.25) is 10.0 Å². The van der Waals surface area contributed by atoms with Crippen LogP contribution in [0.25, 0.3) is 0 Å². The molecule has 25 heavy (non-hydrogen) atoms. The van der Waals surface area contributed by atoms with Gasteiger partial charge >= 0.3 is 6.18 Å². The molecule has 9 heteroatoms. The largest absolute Gasteiger partial charge is 0.422 e. The third-order valence-electron chi connectivity index (χ3n) is 3.66. The zero-order valence-corrected chi connectivity index (χ0v) is 13.8. The number of hydrogen-bond donors (Lipinski definition) is 2. The maximum atomic E-state index is 13.4. The molecule has 0 aliphatic rings. The van der Waals surface area contributed by atoms with Crippen molar-refractivity contribution in [2.24, 2.45) is 0 Å². The van der Waals surface area contributed by atoms with Crippen molar-refractivity contribution in [2.45, 2.75) is 23.6 Å². The number of sulfonamides is 1. The summed E-state index contributed by atoms with van der Waals surface area (Å²) in [6, 6.07) is 8.93. The Labute approximate surface area is 142 Å². The lowest BCUT2D eigenvalue weighted by atomic mass is 9.93. The van der Waals surface area contributed by atoms with E-state index in [2.05, 4.69) is 0 Å². The van der Waals surface area contributed by atoms with Crippen LogP contribution < -0.4 is 4.72 Å². The van der Waals surface area contributed by atoms with Crippen molar-refractivity contribution in [3.8, 4) is 0 Å². The molecule has 0 fully saturated rings. The fraction of sp³-hybridized carbons (Fsp3) is 0.250. The molecule has 0 bridgehead atoms. The van der Waals surface area contributed by atoms with Crippen molar-refractivity contribution in [3.05, 3.63) is 65.5 Å². The van der Waals surface area contributed by atoms with E-state index in [1.165, 1.54) is 25.1 Å². The maximum absolute atomic E-state index is 13.4. The Morgan fingerprint density at radius 3 is 2.20 bits per heavy atom. The van der Waals surface area contributed by atoms with Crippen molar-refractivity contribution in [3.63, 3.8) is 0 Å². The highest BCUT2D eigenvalue weighted by Gasteiger charge is 2.55. The molecule has 2 N–H and O–H groups in total. The van der Waals surface area contributed by atoms with Crippen LogP contribution in [0.5, 0.6) is 0 Å². The molecule has 0 aromatic heterocycles. The predicted molar refractivity (Wildman–Crippen MR) is 82.7 cm³/mol. The normalized spacial score (nSPS) is 15.0. The molecule has 136 valence electrons. The van der Waals surface area contributed by atoms with Crippen molar-refractivity contribution >= 4 is 10.0 Å². The Kier molecular flexibility index (Phi) is 5.22. The summed E-state index contributed by atoms with van der Waals surface area (Å²) in [6.45, 7) is -0.00947. The van der Waals surface area contributed by atoms with E-state index in [4.69, 9.17) is 0 Å². The third-order valence-corrected chi connectivity index (χ3v) is 5.23. The SMILES string of the molecule is Cc1cc(F)ccc1S(=O)(=O)NCC(O)(c1ccccc1)C(F)(F)F. The molecular formula is C16H15F4NO3S. The Morgan fingerprint density at radius 2 is 1.68 bits per heavy atom. The van der Waals surface area contributed by atoms with Crippen LogP contribution in [-0.4, -0.2) is 26.2 Å². The molecule has 1 atom stereocenters. The second-order valence-corrected chi connectivity index (χ2v) is 7.19. The molecular weight excluding hydrogens is 362 g/mol. The highest BCUT2D eigenvalue weighted by atomic mass is 32.2. The molecule has 0 spiro atoms. The van der Waals surface area contributed by atoms with Crippen LogP contribution >= 0.6 is 0 Å². The number of alkyl halides is 3. The first-order valence-electron chi connectivity index (χ1n) is 7.08. The summed E-state index contributed by atoms with van der Waals surface area (Å²) in [5.41, 5.74) is -3.88. The van der Waals surface area contributed by atoms with Crippen LogP contribution in [0.15, 0.2) is 53.4 Å². The molecule has 0 amide bonds. The summed E-state index contributed by atoms with van der Waals surface area (Å²) in [4.78, 5) is -0.369. The number of nitrogens with one attached hydrogen (secondary N) is 1. The first kappa shape index (κ1) is 19.4. The summed E-state index contributed by atoms with van der Waals surface area (Å²) in [5, 5.41) is 10.1. The van der Waals surface area contributed by atoms with Gasteiger partial charge in [0.15, 0.2) is 5.60 Å². The average molecular weight is 377 g/mol. The van der Waals surface area contributed by atoms with Gasteiger partial charge in [-0.2, -0.15) is 13.2 Å². The number of benzene rings is 2. The molecule has 2 aromatic rings. The lowest BCUT2D eigenvalue weighted by molar-refractivity contribution is -0.263. The van der Waals surface area contributed by atoms with Gasteiger partial charge in [-0.25, -0.2) is 17.5 Å². The molecule has 0 aliphatic carbocycles. The van der Waals surface area contributed by atoms with Crippen LogP contribution in [0.2, 0.25) is 0 Å². The second kappa shape index (κ2) is 6.74. The van der Waals surface area contributed by atoms with Crippen molar-refractivity contribution in [2.75, 3.05) is 6.54 Å². The van der Waals surface area contributed by atoms with Gasteiger partial charge in [0.25, 0.3) is 0 Å². The Bertz CT molecular complexity index is 853. The van der Waals surface area contributed by atoms with Gasteiger partial charge in [0, 0.05) is 0 Å². The second-order valence-electron chi connectivity index (χ2n) is 5.46. The lowest BCUT2D eigenvalue weighted by Crippen LogP contribution is -2.51. The summed E-state index contributed by atoms with van der Waals surface area (Å²) in [5.74, 6) is -0.674. The van der Waals surface area contributed by atoms with Crippen LogP contribution in [0, 0.1) is 12.7 Å². The van der Waals surface area contributed by atoms with Crippen molar-refractivity contribution in [1.29, 1.82) is 0 Å². The van der Waals surface area contributed by atoms with E-state index in [1.807, 2.05) is 0 Å². The maximum Gasteiger partial charge on any atom is 0.422 e. The fourth-order valence-electron chi connectivity index (χ4n) is 2.27. The van der Waals surface area contributed by atoms with Crippen molar-refractivity contribution in [1.82, 2.24) is 4.72 Å². The summed E-state index contributed by atoms with van der Waals surface area (Å²) >= 11 is 0. The highest BCUT2D eigenvalue weighted by Crippen LogP contribution is 2.38.